The second kappa shape index (κ2) is 7.83. The van der Waals surface area contributed by atoms with Crippen LogP contribution in [0.15, 0.2) is 36.4 Å². The number of ether oxygens (including phenoxy) is 3. The predicted octanol–water partition coefficient (Wildman–Crippen LogP) is 5.80. The van der Waals surface area contributed by atoms with Gasteiger partial charge in [0.25, 0.3) is 0 Å². The summed E-state index contributed by atoms with van der Waals surface area (Å²) in [5.74, 6) is 1.29. The van der Waals surface area contributed by atoms with Gasteiger partial charge in [0.05, 0.1) is 21.3 Å². The molecule has 0 unspecified atom stereocenters. The molecule has 0 spiro atoms. The highest BCUT2D eigenvalue weighted by molar-refractivity contribution is 14.1. The molecule has 1 aromatic heterocycles. The smallest absolute Gasteiger partial charge is 0.203 e. The zero-order chi connectivity index (χ0) is 21.6. The van der Waals surface area contributed by atoms with Crippen molar-refractivity contribution in [3.8, 4) is 17.2 Å². The van der Waals surface area contributed by atoms with Gasteiger partial charge >= 0.3 is 0 Å². The number of nitrogens with one attached hydrogen (secondary N) is 1. The van der Waals surface area contributed by atoms with Crippen molar-refractivity contribution in [1.29, 1.82) is 0 Å². The maximum absolute atomic E-state index is 13.6. The number of aryl methyl sites for hydroxylation is 2. The summed E-state index contributed by atoms with van der Waals surface area (Å²) in [5.41, 5.74) is 5.25. The zero-order valence-electron chi connectivity index (χ0n) is 17.5. The minimum Gasteiger partial charge on any atom is -0.493 e. The van der Waals surface area contributed by atoms with Crippen LogP contribution >= 0.6 is 22.6 Å². The molecule has 0 fully saturated rings. The van der Waals surface area contributed by atoms with Crippen molar-refractivity contribution in [2.45, 2.75) is 13.8 Å². The van der Waals surface area contributed by atoms with Crippen LogP contribution in [-0.4, -0.2) is 32.1 Å². The number of rotatable bonds is 5. The first-order valence-corrected chi connectivity index (χ1v) is 10.5. The van der Waals surface area contributed by atoms with Gasteiger partial charge in [-0.25, -0.2) is 0 Å². The number of hydrogen-bond acceptors (Lipinski definition) is 4. The van der Waals surface area contributed by atoms with Crippen molar-refractivity contribution in [3.63, 3.8) is 0 Å². The van der Waals surface area contributed by atoms with E-state index in [-0.39, 0.29) is 5.78 Å². The van der Waals surface area contributed by atoms with E-state index in [1.54, 1.807) is 33.5 Å². The molecule has 0 saturated heterocycles. The van der Waals surface area contributed by atoms with E-state index in [4.69, 9.17) is 14.2 Å². The lowest BCUT2D eigenvalue weighted by Gasteiger charge is -2.15. The van der Waals surface area contributed by atoms with Crippen molar-refractivity contribution in [3.05, 3.63) is 62.2 Å². The number of hydrogen-bond donors (Lipinski definition) is 1. The molecule has 0 aliphatic heterocycles. The van der Waals surface area contributed by atoms with Crippen LogP contribution in [0.2, 0.25) is 0 Å². The first-order valence-electron chi connectivity index (χ1n) is 9.45. The van der Waals surface area contributed by atoms with Crippen LogP contribution in [0.1, 0.15) is 27.0 Å². The van der Waals surface area contributed by atoms with Gasteiger partial charge in [-0.2, -0.15) is 0 Å². The summed E-state index contributed by atoms with van der Waals surface area (Å²) in [6.45, 7) is 4.02. The summed E-state index contributed by atoms with van der Waals surface area (Å²) < 4.78 is 17.4. The Bertz CT molecular complexity index is 1280. The fourth-order valence-corrected chi connectivity index (χ4v) is 4.48. The largest absolute Gasteiger partial charge is 0.493 e. The van der Waals surface area contributed by atoms with Crippen molar-refractivity contribution < 1.29 is 19.0 Å². The molecule has 4 rings (SSSR count). The van der Waals surface area contributed by atoms with Crippen LogP contribution in [0, 0.1) is 17.4 Å². The fraction of sp³-hybridized carbons (Fsp3) is 0.208. The van der Waals surface area contributed by atoms with E-state index >= 15 is 0 Å². The Morgan fingerprint density at radius 3 is 2.20 bits per heavy atom. The van der Waals surface area contributed by atoms with E-state index in [1.807, 2.05) is 19.9 Å². The van der Waals surface area contributed by atoms with Crippen LogP contribution in [0.5, 0.6) is 17.2 Å². The van der Waals surface area contributed by atoms with E-state index in [1.165, 1.54) is 0 Å². The quantitative estimate of drug-likeness (QED) is 0.270. The Balaban J connectivity index is 1.96. The van der Waals surface area contributed by atoms with Gasteiger partial charge < -0.3 is 19.2 Å². The SMILES string of the molecule is COc1cc(C(=O)c2cc(C)c3[nH]c4ccc(I)cc4c3c2C)cc(OC)c1OC. The Labute approximate surface area is 188 Å². The van der Waals surface area contributed by atoms with Crippen molar-refractivity contribution in [2.75, 3.05) is 21.3 Å². The summed E-state index contributed by atoms with van der Waals surface area (Å²) in [4.78, 5) is 17.1. The molecule has 3 aromatic carbocycles. The van der Waals surface area contributed by atoms with Gasteiger partial charge in [0, 0.05) is 36.5 Å². The molecular formula is C24H22INO4. The van der Waals surface area contributed by atoms with E-state index in [0.29, 0.717) is 28.4 Å². The average molecular weight is 515 g/mol. The molecular weight excluding hydrogens is 493 g/mol. The summed E-state index contributed by atoms with van der Waals surface area (Å²) in [7, 11) is 4.63. The van der Waals surface area contributed by atoms with E-state index in [9.17, 15) is 4.79 Å². The Kier molecular flexibility index (Phi) is 5.36. The topological polar surface area (TPSA) is 60.6 Å². The van der Waals surface area contributed by atoms with Gasteiger partial charge in [-0.15, -0.1) is 0 Å². The summed E-state index contributed by atoms with van der Waals surface area (Å²) >= 11 is 2.31. The van der Waals surface area contributed by atoms with Gasteiger partial charge in [0.1, 0.15) is 0 Å². The standard InChI is InChI=1S/C24H22INO4/c1-12-8-16(13(2)21-17-11-15(25)6-7-18(17)26-22(12)21)23(27)14-9-19(28-3)24(30-5)20(10-14)29-4/h6-11,26H,1-5H3. The molecule has 1 N–H and O–H groups in total. The predicted molar refractivity (Wildman–Crippen MR) is 128 cm³/mol. The molecule has 0 atom stereocenters. The van der Waals surface area contributed by atoms with Crippen LogP contribution in [-0.2, 0) is 0 Å². The van der Waals surface area contributed by atoms with Crippen molar-refractivity contribution in [2.24, 2.45) is 0 Å². The normalized spacial score (nSPS) is 11.1. The first kappa shape index (κ1) is 20.5. The molecule has 6 heteroatoms. The van der Waals surface area contributed by atoms with Gasteiger partial charge in [-0.05, 0) is 84.0 Å². The third kappa shape index (κ3) is 3.19. The minimum absolute atomic E-state index is 0.0864. The van der Waals surface area contributed by atoms with E-state index in [0.717, 1.165) is 36.5 Å². The molecule has 0 saturated carbocycles. The van der Waals surface area contributed by atoms with Gasteiger partial charge in [0.15, 0.2) is 17.3 Å². The summed E-state index contributed by atoms with van der Waals surface area (Å²) in [6.07, 6.45) is 0. The molecule has 0 aliphatic carbocycles. The summed E-state index contributed by atoms with van der Waals surface area (Å²) in [6, 6.07) is 11.6. The number of H-pyrrole nitrogens is 1. The number of aromatic nitrogens is 1. The van der Waals surface area contributed by atoms with Crippen LogP contribution in [0.3, 0.4) is 0 Å². The maximum atomic E-state index is 13.6. The number of methoxy groups -OCH3 is 3. The molecule has 30 heavy (non-hydrogen) atoms. The Morgan fingerprint density at radius 2 is 1.60 bits per heavy atom. The zero-order valence-corrected chi connectivity index (χ0v) is 19.6. The monoisotopic (exact) mass is 515 g/mol. The van der Waals surface area contributed by atoms with Gasteiger partial charge in [-0.1, -0.05) is 0 Å². The lowest BCUT2D eigenvalue weighted by molar-refractivity contribution is 0.103. The molecule has 154 valence electrons. The molecule has 5 nitrogen and oxygen atoms in total. The molecule has 4 aromatic rings. The number of carbonyl (C=O) groups is 1. The second-order valence-electron chi connectivity index (χ2n) is 7.17. The number of benzene rings is 3. The van der Waals surface area contributed by atoms with Crippen LogP contribution in [0.25, 0.3) is 21.8 Å². The number of carbonyl (C=O) groups excluding carboxylic acids is 1. The van der Waals surface area contributed by atoms with E-state index in [2.05, 4.69) is 45.8 Å². The van der Waals surface area contributed by atoms with Gasteiger partial charge in [-0.3, -0.25) is 4.79 Å². The Hall–Kier alpha value is -2.74. The third-order valence-electron chi connectivity index (χ3n) is 5.47. The average Bonchev–Trinajstić information content (AvgIpc) is 3.14. The number of aromatic amines is 1. The molecule has 0 aliphatic rings. The van der Waals surface area contributed by atoms with Gasteiger partial charge in [0.2, 0.25) is 5.75 Å². The second-order valence-corrected chi connectivity index (χ2v) is 8.42. The number of fused-ring (bicyclic) bond motifs is 3. The van der Waals surface area contributed by atoms with Crippen molar-refractivity contribution in [1.82, 2.24) is 4.98 Å². The highest BCUT2D eigenvalue weighted by Crippen LogP contribution is 2.40. The van der Waals surface area contributed by atoms with E-state index < -0.39 is 0 Å². The first-order chi connectivity index (χ1) is 14.4. The molecule has 0 bridgehead atoms. The van der Waals surface area contributed by atoms with Crippen LogP contribution in [0.4, 0.5) is 0 Å². The molecule has 0 amide bonds. The van der Waals surface area contributed by atoms with Crippen LogP contribution < -0.4 is 14.2 Å². The third-order valence-corrected chi connectivity index (χ3v) is 6.14. The lowest BCUT2D eigenvalue weighted by atomic mass is 9.93. The molecule has 1 heterocycles. The molecule has 0 radical (unpaired) electrons. The number of ketones is 1. The van der Waals surface area contributed by atoms with Crippen molar-refractivity contribution >= 4 is 50.2 Å². The fourth-order valence-electron chi connectivity index (χ4n) is 3.98. The minimum atomic E-state index is -0.0864. The summed E-state index contributed by atoms with van der Waals surface area (Å²) in [5, 5.41) is 2.20. The number of halogens is 1. The maximum Gasteiger partial charge on any atom is 0.203 e. The highest BCUT2D eigenvalue weighted by Gasteiger charge is 2.22. The lowest BCUT2D eigenvalue weighted by Crippen LogP contribution is -2.07. The highest BCUT2D eigenvalue weighted by atomic mass is 127. The Morgan fingerprint density at radius 1 is 0.933 bits per heavy atom.